The van der Waals surface area contributed by atoms with Crippen LogP contribution in [0.15, 0.2) is 42.5 Å². The minimum absolute atomic E-state index is 0.381. The highest BCUT2D eigenvalue weighted by Gasteiger charge is 2.49. The molecule has 0 unspecified atom stereocenters. The Bertz CT molecular complexity index is 930. The number of amides is 4. The van der Waals surface area contributed by atoms with Gasteiger partial charge in [0.15, 0.2) is 0 Å². The van der Waals surface area contributed by atoms with Crippen LogP contribution in [0.2, 0.25) is 10.0 Å². The highest BCUT2D eigenvalue weighted by molar-refractivity contribution is 6.33. The maximum atomic E-state index is 12.8. The predicted octanol–water partition coefficient (Wildman–Crippen LogP) is 3.71. The number of aryl methyl sites for hydroxylation is 1. The van der Waals surface area contributed by atoms with Crippen molar-refractivity contribution in [3.8, 4) is 0 Å². The van der Waals surface area contributed by atoms with Crippen LogP contribution in [0.4, 0.5) is 10.5 Å². The van der Waals surface area contributed by atoms with E-state index in [1.54, 1.807) is 49.4 Å². The summed E-state index contributed by atoms with van der Waals surface area (Å²) in [5, 5.41) is 6.16. The van der Waals surface area contributed by atoms with Crippen molar-refractivity contribution in [1.82, 2.24) is 10.2 Å². The molecule has 0 aromatic heterocycles. The molecule has 0 spiro atoms. The molecule has 8 heteroatoms. The average molecular weight is 406 g/mol. The van der Waals surface area contributed by atoms with Gasteiger partial charge in [0.05, 0.1) is 10.7 Å². The minimum Gasteiger partial charge on any atom is -0.323 e. The molecule has 1 fully saturated rings. The molecule has 2 aromatic rings. The van der Waals surface area contributed by atoms with Crippen LogP contribution < -0.4 is 10.6 Å². The van der Waals surface area contributed by atoms with E-state index in [9.17, 15) is 14.4 Å². The molecular weight excluding hydrogens is 389 g/mol. The lowest BCUT2D eigenvalue weighted by Gasteiger charge is -2.22. The fourth-order valence-corrected chi connectivity index (χ4v) is 3.28. The minimum atomic E-state index is -1.26. The zero-order valence-corrected chi connectivity index (χ0v) is 16.2. The second-order valence-electron chi connectivity index (χ2n) is 6.48. The standard InChI is InChI=1S/C19H17Cl2N3O3/c1-11-3-8-15(14(21)9-11)22-16(25)10-24-17(26)19(2,23-18(24)27)12-4-6-13(20)7-5-12/h3-9H,10H2,1-2H3,(H,22,25)(H,23,27)/t19-/m0/s1. The molecule has 1 heterocycles. The number of anilines is 1. The van der Waals surface area contributed by atoms with Gasteiger partial charge in [-0.25, -0.2) is 4.79 Å². The van der Waals surface area contributed by atoms with Crippen molar-refractivity contribution in [3.05, 3.63) is 63.6 Å². The van der Waals surface area contributed by atoms with Gasteiger partial charge >= 0.3 is 6.03 Å². The second kappa shape index (κ2) is 7.21. The highest BCUT2D eigenvalue weighted by atomic mass is 35.5. The zero-order chi connectivity index (χ0) is 19.8. The van der Waals surface area contributed by atoms with Crippen LogP contribution in [0.3, 0.4) is 0 Å². The number of benzene rings is 2. The third-order valence-corrected chi connectivity index (χ3v) is 4.96. The summed E-state index contributed by atoms with van der Waals surface area (Å²) in [6, 6.07) is 11.1. The molecule has 1 aliphatic rings. The quantitative estimate of drug-likeness (QED) is 0.760. The van der Waals surface area contributed by atoms with Gasteiger partial charge in [-0.2, -0.15) is 0 Å². The van der Waals surface area contributed by atoms with E-state index in [4.69, 9.17) is 23.2 Å². The summed E-state index contributed by atoms with van der Waals surface area (Å²) in [7, 11) is 0. The van der Waals surface area contributed by atoms with Crippen molar-refractivity contribution >= 4 is 46.7 Å². The number of hydrogen-bond donors (Lipinski definition) is 2. The van der Waals surface area contributed by atoms with E-state index in [1.807, 2.05) is 6.92 Å². The first-order valence-corrected chi connectivity index (χ1v) is 8.92. The smallest absolute Gasteiger partial charge is 0.323 e. The molecule has 0 aliphatic carbocycles. The third-order valence-electron chi connectivity index (χ3n) is 4.40. The Morgan fingerprint density at radius 3 is 2.44 bits per heavy atom. The maximum absolute atomic E-state index is 12.8. The van der Waals surface area contributed by atoms with Crippen LogP contribution in [0.25, 0.3) is 0 Å². The Hall–Kier alpha value is -2.57. The van der Waals surface area contributed by atoms with Gasteiger partial charge < -0.3 is 10.6 Å². The van der Waals surface area contributed by atoms with Crippen molar-refractivity contribution in [2.24, 2.45) is 0 Å². The summed E-state index contributed by atoms with van der Waals surface area (Å²) in [5.74, 6) is -1.04. The fourth-order valence-electron chi connectivity index (χ4n) is 2.87. The molecule has 140 valence electrons. The average Bonchev–Trinajstić information content (AvgIpc) is 2.82. The van der Waals surface area contributed by atoms with Gasteiger partial charge in [-0.1, -0.05) is 41.4 Å². The molecule has 0 saturated carbocycles. The number of carbonyl (C=O) groups is 3. The van der Waals surface area contributed by atoms with Gasteiger partial charge in [0.2, 0.25) is 5.91 Å². The normalized spacial score (nSPS) is 19.2. The molecule has 1 aliphatic heterocycles. The van der Waals surface area contributed by atoms with E-state index in [0.717, 1.165) is 10.5 Å². The first-order valence-electron chi connectivity index (χ1n) is 8.17. The van der Waals surface area contributed by atoms with Crippen LogP contribution in [0, 0.1) is 6.92 Å². The number of hydrogen-bond acceptors (Lipinski definition) is 3. The molecule has 0 bridgehead atoms. The SMILES string of the molecule is Cc1ccc(NC(=O)CN2C(=O)N[C@@](C)(c3ccc(Cl)cc3)C2=O)c(Cl)c1. The molecule has 4 amide bonds. The summed E-state index contributed by atoms with van der Waals surface area (Å²) in [6.07, 6.45) is 0. The van der Waals surface area contributed by atoms with Crippen molar-refractivity contribution in [2.75, 3.05) is 11.9 Å². The molecular formula is C19H17Cl2N3O3. The van der Waals surface area contributed by atoms with E-state index in [2.05, 4.69) is 10.6 Å². The molecule has 2 aromatic carbocycles. The van der Waals surface area contributed by atoms with Crippen LogP contribution in [0.5, 0.6) is 0 Å². The third kappa shape index (κ3) is 3.77. The predicted molar refractivity (Wildman–Crippen MR) is 104 cm³/mol. The number of rotatable bonds is 4. The lowest BCUT2D eigenvalue weighted by atomic mass is 9.92. The van der Waals surface area contributed by atoms with Crippen LogP contribution >= 0.6 is 23.2 Å². The Labute approximate surface area is 166 Å². The van der Waals surface area contributed by atoms with E-state index in [1.165, 1.54) is 0 Å². The molecule has 1 saturated heterocycles. The highest BCUT2D eigenvalue weighted by Crippen LogP contribution is 2.30. The van der Waals surface area contributed by atoms with E-state index in [-0.39, 0.29) is 0 Å². The summed E-state index contributed by atoms with van der Waals surface area (Å²) < 4.78 is 0. The van der Waals surface area contributed by atoms with Crippen molar-refractivity contribution in [3.63, 3.8) is 0 Å². The number of imide groups is 1. The summed E-state index contributed by atoms with van der Waals surface area (Å²) >= 11 is 12.0. The first-order chi connectivity index (χ1) is 12.7. The molecule has 3 rings (SSSR count). The molecule has 6 nitrogen and oxygen atoms in total. The number of halogens is 2. The number of nitrogens with one attached hydrogen (secondary N) is 2. The Morgan fingerprint density at radius 2 is 1.81 bits per heavy atom. The summed E-state index contributed by atoms with van der Waals surface area (Å²) in [6.45, 7) is 3.05. The lowest BCUT2D eigenvalue weighted by molar-refractivity contribution is -0.133. The van der Waals surface area contributed by atoms with E-state index >= 15 is 0 Å². The van der Waals surface area contributed by atoms with Crippen LogP contribution in [0.1, 0.15) is 18.1 Å². The molecule has 0 radical (unpaired) electrons. The maximum Gasteiger partial charge on any atom is 0.325 e. The van der Waals surface area contributed by atoms with Crippen LogP contribution in [-0.2, 0) is 15.1 Å². The number of urea groups is 1. The fraction of sp³-hybridized carbons (Fsp3) is 0.211. The van der Waals surface area contributed by atoms with E-state index in [0.29, 0.717) is 21.3 Å². The molecule has 27 heavy (non-hydrogen) atoms. The van der Waals surface area contributed by atoms with Gasteiger partial charge in [0, 0.05) is 5.02 Å². The van der Waals surface area contributed by atoms with Crippen molar-refractivity contribution in [1.29, 1.82) is 0 Å². The van der Waals surface area contributed by atoms with Gasteiger partial charge in [-0.15, -0.1) is 0 Å². The van der Waals surface area contributed by atoms with Gasteiger partial charge in [0.1, 0.15) is 12.1 Å². The summed E-state index contributed by atoms with van der Waals surface area (Å²) in [4.78, 5) is 38.3. The number of carbonyl (C=O) groups excluding carboxylic acids is 3. The largest absolute Gasteiger partial charge is 0.325 e. The summed E-state index contributed by atoms with van der Waals surface area (Å²) in [5.41, 5.74) is 0.684. The molecule has 1 atom stereocenters. The van der Waals surface area contributed by atoms with Gasteiger partial charge in [-0.05, 0) is 49.2 Å². The zero-order valence-electron chi connectivity index (χ0n) is 14.7. The van der Waals surface area contributed by atoms with Crippen molar-refractivity contribution in [2.45, 2.75) is 19.4 Å². The van der Waals surface area contributed by atoms with Crippen LogP contribution in [-0.4, -0.2) is 29.3 Å². The number of nitrogens with zero attached hydrogens (tertiary/aromatic N) is 1. The monoisotopic (exact) mass is 405 g/mol. The van der Waals surface area contributed by atoms with Gasteiger partial charge in [-0.3, -0.25) is 14.5 Å². The Kier molecular flexibility index (Phi) is 5.13. The Morgan fingerprint density at radius 1 is 1.15 bits per heavy atom. The Balaban J connectivity index is 1.75. The molecule has 2 N–H and O–H groups in total. The first kappa shape index (κ1) is 19.2. The topological polar surface area (TPSA) is 78.5 Å². The second-order valence-corrected chi connectivity index (χ2v) is 7.33. The van der Waals surface area contributed by atoms with Gasteiger partial charge in [0.25, 0.3) is 5.91 Å². The van der Waals surface area contributed by atoms with E-state index < -0.39 is 29.9 Å². The van der Waals surface area contributed by atoms with Crippen molar-refractivity contribution < 1.29 is 14.4 Å². The lowest BCUT2D eigenvalue weighted by Crippen LogP contribution is -2.42.